The summed E-state index contributed by atoms with van der Waals surface area (Å²) in [6.45, 7) is 8.43. The van der Waals surface area contributed by atoms with Gasteiger partial charge in [-0.15, -0.1) is 0 Å². The first kappa shape index (κ1) is 13.0. The van der Waals surface area contributed by atoms with Gasteiger partial charge in [-0.05, 0) is 12.8 Å². The van der Waals surface area contributed by atoms with Gasteiger partial charge in [-0.25, -0.2) is 0 Å². The lowest BCUT2D eigenvalue weighted by Crippen LogP contribution is -2.56. The van der Waals surface area contributed by atoms with Crippen LogP contribution in [0, 0.1) is 5.92 Å². The smallest absolute Gasteiger partial charge is 0.236 e. The van der Waals surface area contributed by atoms with Crippen molar-refractivity contribution in [2.75, 3.05) is 26.2 Å². The van der Waals surface area contributed by atoms with Gasteiger partial charge in [0.1, 0.15) is 0 Å². The number of carbonyl (C=O) groups is 2. The molecule has 2 N–H and O–H groups in total. The Morgan fingerprint density at radius 1 is 1.38 bits per heavy atom. The van der Waals surface area contributed by atoms with Crippen molar-refractivity contribution in [2.45, 2.75) is 26.8 Å². The van der Waals surface area contributed by atoms with Gasteiger partial charge in [0, 0.05) is 19.6 Å². The maximum Gasteiger partial charge on any atom is 0.236 e. The third-order valence-electron chi connectivity index (χ3n) is 2.89. The third-order valence-corrected chi connectivity index (χ3v) is 2.89. The molecule has 1 heterocycles. The first-order valence-corrected chi connectivity index (χ1v) is 5.73. The summed E-state index contributed by atoms with van der Waals surface area (Å²) in [5.74, 6) is 0.197. The van der Waals surface area contributed by atoms with Gasteiger partial charge >= 0.3 is 0 Å². The number of piperazine rings is 1. The summed E-state index contributed by atoms with van der Waals surface area (Å²) in [5, 5.41) is 0. The van der Waals surface area contributed by atoms with E-state index in [2.05, 4.69) is 13.8 Å². The van der Waals surface area contributed by atoms with Gasteiger partial charge in [0.05, 0.1) is 12.6 Å². The molecule has 0 bridgehead atoms. The second kappa shape index (κ2) is 5.30. The average Bonchev–Trinajstić information content (AvgIpc) is 2.19. The van der Waals surface area contributed by atoms with Crippen LogP contribution in [0.4, 0.5) is 0 Å². The zero-order chi connectivity index (χ0) is 12.3. The van der Waals surface area contributed by atoms with Crippen molar-refractivity contribution in [1.29, 1.82) is 0 Å². The van der Waals surface area contributed by atoms with Crippen molar-refractivity contribution in [3.8, 4) is 0 Å². The van der Waals surface area contributed by atoms with E-state index in [-0.39, 0.29) is 17.9 Å². The van der Waals surface area contributed by atoms with E-state index < -0.39 is 0 Å². The number of hydrogen-bond donors (Lipinski definition) is 1. The molecule has 1 atom stereocenters. The van der Waals surface area contributed by atoms with Crippen molar-refractivity contribution >= 4 is 11.8 Å². The SMILES string of the molecule is CC(C)CN1CCN(C(C)C(N)=O)CC1=O. The standard InChI is InChI=1S/C11H21N3O2/c1-8(2)6-14-5-4-13(7-10(14)15)9(3)11(12)16/h8-9H,4-7H2,1-3H3,(H2,12,16). The number of amides is 2. The highest BCUT2D eigenvalue weighted by Crippen LogP contribution is 2.09. The van der Waals surface area contributed by atoms with Crippen molar-refractivity contribution in [3.63, 3.8) is 0 Å². The molecule has 0 aromatic rings. The summed E-state index contributed by atoms with van der Waals surface area (Å²) in [5.41, 5.74) is 5.22. The van der Waals surface area contributed by atoms with Crippen LogP contribution in [0.25, 0.3) is 0 Å². The predicted molar refractivity (Wildman–Crippen MR) is 61.6 cm³/mol. The highest BCUT2D eigenvalue weighted by atomic mass is 16.2. The highest BCUT2D eigenvalue weighted by Gasteiger charge is 2.28. The minimum absolute atomic E-state index is 0.0908. The lowest BCUT2D eigenvalue weighted by atomic mass is 10.1. The molecule has 0 spiro atoms. The molecule has 0 aromatic heterocycles. The zero-order valence-electron chi connectivity index (χ0n) is 10.3. The predicted octanol–water partition coefficient (Wildman–Crippen LogP) is -0.340. The van der Waals surface area contributed by atoms with Crippen LogP contribution in [0.3, 0.4) is 0 Å². The maximum atomic E-state index is 11.8. The highest BCUT2D eigenvalue weighted by molar-refractivity contribution is 5.82. The van der Waals surface area contributed by atoms with E-state index in [0.29, 0.717) is 19.0 Å². The molecule has 16 heavy (non-hydrogen) atoms. The fourth-order valence-electron chi connectivity index (χ4n) is 1.87. The third kappa shape index (κ3) is 3.20. The summed E-state index contributed by atoms with van der Waals surface area (Å²) in [4.78, 5) is 26.5. The molecule has 1 fully saturated rings. The van der Waals surface area contributed by atoms with E-state index in [0.717, 1.165) is 13.1 Å². The average molecular weight is 227 g/mol. The number of nitrogens with zero attached hydrogens (tertiary/aromatic N) is 2. The Balaban J connectivity index is 2.51. The second-order valence-corrected chi connectivity index (χ2v) is 4.78. The summed E-state index contributed by atoms with van der Waals surface area (Å²) in [6, 6.07) is -0.356. The normalized spacial score (nSPS) is 20.2. The van der Waals surface area contributed by atoms with Gasteiger partial charge < -0.3 is 10.6 Å². The molecule has 0 aliphatic carbocycles. The molecule has 92 valence electrons. The second-order valence-electron chi connectivity index (χ2n) is 4.78. The van der Waals surface area contributed by atoms with Gasteiger partial charge in [0.15, 0.2) is 0 Å². The van der Waals surface area contributed by atoms with Crippen molar-refractivity contribution < 1.29 is 9.59 Å². The first-order valence-electron chi connectivity index (χ1n) is 5.73. The maximum absolute atomic E-state index is 11.8. The molecular weight excluding hydrogens is 206 g/mol. The monoisotopic (exact) mass is 227 g/mol. The molecule has 1 rings (SSSR count). The molecule has 5 nitrogen and oxygen atoms in total. The molecule has 2 amide bonds. The number of primary amides is 1. The molecule has 0 aromatic carbocycles. The Bertz CT molecular complexity index is 278. The Kier molecular flexibility index (Phi) is 4.29. The molecule has 0 saturated carbocycles. The summed E-state index contributed by atoms with van der Waals surface area (Å²) < 4.78 is 0. The Hall–Kier alpha value is -1.10. The van der Waals surface area contributed by atoms with Crippen LogP contribution in [0.15, 0.2) is 0 Å². The van der Waals surface area contributed by atoms with Gasteiger partial charge in [0.25, 0.3) is 0 Å². The van der Waals surface area contributed by atoms with E-state index in [4.69, 9.17) is 5.73 Å². The van der Waals surface area contributed by atoms with Gasteiger partial charge in [-0.2, -0.15) is 0 Å². The summed E-state index contributed by atoms with van der Waals surface area (Å²) >= 11 is 0. The van der Waals surface area contributed by atoms with E-state index in [9.17, 15) is 9.59 Å². The number of rotatable bonds is 4. The molecular formula is C11H21N3O2. The molecule has 1 unspecified atom stereocenters. The van der Waals surface area contributed by atoms with E-state index in [1.807, 2.05) is 9.80 Å². The van der Waals surface area contributed by atoms with E-state index in [1.54, 1.807) is 6.92 Å². The topological polar surface area (TPSA) is 66.6 Å². The fourth-order valence-corrected chi connectivity index (χ4v) is 1.87. The van der Waals surface area contributed by atoms with Crippen LogP contribution in [0.2, 0.25) is 0 Å². The summed E-state index contributed by atoms with van der Waals surface area (Å²) in [7, 11) is 0. The van der Waals surface area contributed by atoms with E-state index in [1.165, 1.54) is 0 Å². The van der Waals surface area contributed by atoms with Crippen LogP contribution >= 0.6 is 0 Å². The van der Waals surface area contributed by atoms with E-state index >= 15 is 0 Å². The van der Waals surface area contributed by atoms with Crippen LogP contribution in [-0.2, 0) is 9.59 Å². The van der Waals surface area contributed by atoms with Gasteiger partial charge in [-0.1, -0.05) is 13.8 Å². The van der Waals surface area contributed by atoms with Gasteiger partial charge in [0.2, 0.25) is 11.8 Å². The molecule has 5 heteroatoms. The largest absolute Gasteiger partial charge is 0.368 e. The Morgan fingerprint density at radius 2 is 2.00 bits per heavy atom. The fraction of sp³-hybridized carbons (Fsp3) is 0.818. The number of carbonyl (C=O) groups excluding carboxylic acids is 2. The Labute approximate surface area is 96.6 Å². The minimum Gasteiger partial charge on any atom is -0.368 e. The van der Waals surface area contributed by atoms with Crippen LogP contribution in [-0.4, -0.2) is 53.8 Å². The lowest BCUT2D eigenvalue weighted by molar-refractivity contribution is -0.139. The minimum atomic E-state index is -0.370. The van der Waals surface area contributed by atoms with Crippen LogP contribution < -0.4 is 5.73 Å². The van der Waals surface area contributed by atoms with Crippen molar-refractivity contribution in [3.05, 3.63) is 0 Å². The molecule has 1 aliphatic heterocycles. The Morgan fingerprint density at radius 3 is 2.44 bits per heavy atom. The number of nitrogens with two attached hydrogens (primary N) is 1. The molecule has 1 saturated heterocycles. The molecule has 0 radical (unpaired) electrons. The van der Waals surface area contributed by atoms with Gasteiger partial charge in [-0.3, -0.25) is 14.5 Å². The first-order chi connectivity index (χ1) is 7.41. The van der Waals surface area contributed by atoms with Crippen molar-refractivity contribution in [1.82, 2.24) is 9.80 Å². The molecule has 1 aliphatic rings. The number of hydrogen-bond acceptors (Lipinski definition) is 3. The van der Waals surface area contributed by atoms with Crippen molar-refractivity contribution in [2.24, 2.45) is 11.7 Å². The quantitative estimate of drug-likeness (QED) is 0.714. The van der Waals surface area contributed by atoms with Crippen LogP contribution in [0.5, 0.6) is 0 Å². The zero-order valence-corrected chi connectivity index (χ0v) is 10.3. The lowest BCUT2D eigenvalue weighted by Gasteiger charge is -2.37. The summed E-state index contributed by atoms with van der Waals surface area (Å²) in [6.07, 6.45) is 0. The van der Waals surface area contributed by atoms with Crippen LogP contribution in [0.1, 0.15) is 20.8 Å².